The maximum atomic E-state index is 11.8. The standard InChI is InChI=1S/C30H22O2/c1-19(31)21-11-15-23(16-12-21)29(24-17-13-22(14-18-24)20(2)32)30-27-9-5-3-7-25(27)26-8-4-6-10-28(26)30/h3-18H,1-2H3. The van der Waals surface area contributed by atoms with Gasteiger partial charge in [-0.1, -0.05) is 97.1 Å². The first-order valence-corrected chi connectivity index (χ1v) is 10.7. The lowest BCUT2D eigenvalue weighted by Crippen LogP contribution is -1.98. The number of fused-ring (bicyclic) bond motifs is 3. The molecule has 0 saturated heterocycles. The fourth-order valence-electron chi connectivity index (χ4n) is 4.48. The van der Waals surface area contributed by atoms with E-state index >= 15 is 0 Å². The van der Waals surface area contributed by atoms with Crippen LogP contribution in [-0.2, 0) is 0 Å². The zero-order valence-corrected chi connectivity index (χ0v) is 18.1. The molecule has 2 nitrogen and oxygen atoms in total. The Bertz CT molecular complexity index is 1280. The highest BCUT2D eigenvalue weighted by Crippen LogP contribution is 2.48. The molecule has 0 aliphatic heterocycles. The molecule has 0 aromatic heterocycles. The Hall–Kier alpha value is -4.04. The van der Waals surface area contributed by atoms with Crippen molar-refractivity contribution in [2.45, 2.75) is 13.8 Å². The lowest BCUT2D eigenvalue weighted by Gasteiger charge is -2.16. The lowest BCUT2D eigenvalue weighted by molar-refractivity contribution is 0.100. The van der Waals surface area contributed by atoms with Crippen molar-refractivity contribution in [3.63, 3.8) is 0 Å². The van der Waals surface area contributed by atoms with E-state index in [9.17, 15) is 9.59 Å². The van der Waals surface area contributed by atoms with Gasteiger partial charge in [0.1, 0.15) is 0 Å². The van der Waals surface area contributed by atoms with Gasteiger partial charge in [-0.3, -0.25) is 9.59 Å². The van der Waals surface area contributed by atoms with Gasteiger partial charge in [-0.25, -0.2) is 0 Å². The number of carbonyl (C=O) groups excluding carboxylic acids is 2. The Labute approximate surface area is 187 Å². The van der Waals surface area contributed by atoms with Crippen LogP contribution in [0, 0.1) is 0 Å². The van der Waals surface area contributed by atoms with Gasteiger partial charge in [-0.05, 0) is 58.4 Å². The molecule has 0 N–H and O–H groups in total. The largest absolute Gasteiger partial charge is 0.295 e. The Morgan fingerprint density at radius 3 is 1.09 bits per heavy atom. The van der Waals surface area contributed by atoms with Crippen LogP contribution in [0.2, 0.25) is 0 Å². The summed E-state index contributed by atoms with van der Waals surface area (Å²) in [6.07, 6.45) is 0. The predicted molar refractivity (Wildman–Crippen MR) is 130 cm³/mol. The zero-order chi connectivity index (χ0) is 22.2. The summed E-state index contributed by atoms with van der Waals surface area (Å²) in [4.78, 5) is 23.7. The molecule has 0 fully saturated rings. The van der Waals surface area contributed by atoms with E-state index in [0.29, 0.717) is 11.1 Å². The highest BCUT2D eigenvalue weighted by molar-refractivity contribution is 6.13. The molecule has 0 amide bonds. The molecule has 2 heteroatoms. The molecule has 0 spiro atoms. The van der Waals surface area contributed by atoms with Crippen molar-refractivity contribution in [2.24, 2.45) is 0 Å². The van der Waals surface area contributed by atoms with Crippen LogP contribution < -0.4 is 0 Å². The summed E-state index contributed by atoms with van der Waals surface area (Å²) in [6.45, 7) is 3.16. The van der Waals surface area contributed by atoms with Crippen LogP contribution >= 0.6 is 0 Å². The molecular formula is C30H22O2. The summed E-state index contributed by atoms with van der Waals surface area (Å²) >= 11 is 0. The Balaban J connectivity index is 1.83. The number of hydrogen-bond acceptors (Lipinski definition) is 2. The molecule has 0 radical (unpaired) electrons. The molecule has 4 aromatic rings. The van der Waals surface area contributed by atoms with Gasteiger partial charge in [0, 0.05) is 11.1 Å². The highest BCUT2D eigenvalue weighted by Gasteiger charge is 2.26. The fourth-order valence-corrected chi connectivity index (χ4v) is 4.48. The van der Waals surface area contributed by atoms with Crippen LogP contribution in [0.15, 0.2) is 97.1 Å². The second-order valence-electron chi connectivity index (χ2n) is 8.11. The van der Waals surface area contributed by atoms with Crippen LogP contribution in [0.25, 0.3) is 22.3 Å². The summed E-state index contributed by atoms with van der Waals surface area (Å²) < 4.78 is 0. The van der Waals surface area contributed by atoms with Crippen molar-refractivity contribution in [1.82, 2.24) is 0 Å². The van der Waals surface area contributed by atoms with Crippen LogP contribution in [-0.4, -0.2) is 11.6 Å². The molecule has 154 valence electrons. The number of hydrogen-bond donors (Lipinski definition) is 0. The first kappa shape index (κ1) is 19.9. The van der Waals surface area contributed by atoms with E-state index in [1.54, 1.807) is 13.8 Å². The first-order valence-electron chi connectivity index (χ1n) is 10.7. The van der Waals surface area contributed by atoms with Crippen molar-refractivity contribution in [3.8, 4) is 11.1 Å². The summed E-state index contributed by atoms with van der Waals surface area (Å²) in [5.74, 6) is 0.0984. The maximum absolute atomic E-state index is 11.8. The Morgan fingerprint density at radius 2 is 0.750 bits per heavy atom. The van der Waals surface area contributed by atoms with Gasteiger partial charge in [-0.2, -0.15) is 0 Å². The number of benzene rings is 4. The molecule has 4 aromatic carbocycles. The predicted octanol–water partition coefficient (Wildman–Crippen LogP) is 7.08. The van der Waals surface area contributed by atoms with E-state index in [4.69, 9.17) is 0 Å². The summed E-state index contributed by atoms with van der Waals surface area (Å²) in [5, 5.41) is 0. The molecule has 5 rings (SSSR count). The van der Waals surface area contributed by atoms with Crippen LogP contribution in [0.1, 0.15) is 56.8 Å². The average molecular weight is 415 g/mol. The van der Waals surface area contributed by atoms with Crippen molar-refractivity contribution in [2.75, 3.05) is 0 Å². The third kappa shape index (κ3) is 3.30. The van der Waals surface area contributed by atoms with Gasteiger partial charge in [0.15, 0.2) is 11.6 Å². The Morgan fingerprint density at radius 1 is 0.438 bits per heavy atom. The van der Waals surface area contributed by atoms with Gasteiger partial charge in [0.2, 0.25) is 0 Å². The van der Waals surface area contributed by atoms with E-state index in [1.165, 1.54) is 27.8 Å². The molecule has 0 unspecified atom stereocenters. The van der Waals surface area contributed by atoms with Crippen molar-refractivity contribution >= 4 is 22.7 Å². The number of rotatable bonds is 4. The Kier molecular flexibility index (Phi) is 4.91. The van der Waals surface area contributed by atoms with Crippen molar-refractivity contribution in [3.05, 3.63) is 130 Å². The third-order valence-electron chi connectivity index (χ3n) is 6.09. The topological polar surface area (TPSA) is 34.1 Å². The summed E-state index contributed by atoms with van der Waals surface area (Å²) in [6, 6.07) is 32.5. The van der Waals surface area contributed by atoms with Gasteiger partial charge < -0.3 is 0 Å². The van der Waals surface area contributed by atoms with Gasteiger partial charge >= 0.3 is 0 Å². The number of Topliss-reactive ketones (excluding diaryl/α,β-unsaturated/α-hetero) is 2. The second-order valence-corrected chi connectivity index (χ2v) is 8.11. The number of carbonyl (C=O) groups is 2. The molecule has 0 heterocycles. The minimum absolute atomic E-state index is 0.0492. The van der Waals surface area contributed by atoms with E-state index < -0.39 is 0 Å². The van der Waals surface area contributed by atoms with Gasteiger partial charge in [-0.15, -0.1) is 0 Å². The maximum Gasteiger partial charge on any atom is 0.159 e. The highest BCUT2D eigenvalue weighted by atomic mass is 16.1. The minimum atomic E-state index is 0.0492. The van der Waals surface area contributed by atoms with Crippen molar-refractivity contribution < 1.29 is 9.59 Å². The van der Waals surface area contributed by atoms with E-state index in [0.717, 1.165) is 16.7 Å². The minimum Gasteiger partial charge on any atom is -0.295 e. The van der Waals surface area contributed by atoms with Crippen molar-refractivity contribution in [1.29, 1.82) is 0 Å². The van der Waals surface area contributed by atoms with Crippen LogP contribution in [0.3, 0.4) is 0 Å². The van der Waals surface area contributed by atoms with E-state index in [-0.39, 0.29) is 11.6 Å². The van der Waals surface area contributed by atoms with E-state index in [2.05, 4.69) is 48.5 Å². The molecule has 0 bridgehead atoms. The molecule has 32 heavy (non-hydrogen) atoms. The van der Waals surface area contributed by atoms with Crippen LogP contribution in [0.5, 0.6) is 0 Å². The zero-order valence-electron chi connectivity index (χ0n) is 18.1. The van der Waals surface area contributed by atoms with Gasteiger partial charge in [0.25, 0.3) is 0 Å². The quantitative estimate of drug-likeness (QED) is 0.295. The van der Waals surface area contributed by atoms with Crippen LogP contribution in [0.4, 0.5) is 0 Å². The van der Waals surface area contributed by atoms with E-state index in [1.807, 2.05) is 48.5 Å². The normalized spacial score (nSPS) is 11.6. The summed E-state index contributed by atoms with van der Waals surface area (Å²) in [7, 11) is 0. The SMILES string of the molecule is CC(=O)c1ccc(C(=C2c3ccccc3-c3ccccc32)c2ccc(C(C)=O)cc2)cc1. The van der Waals surface area contributed by atoms with Gasteiger partial charge in [0.05, 0.1) is 0 Å². The second kappa shape index (κ2) is 7.90. The molecule has 0 saturated carbocycles. The third-order valence-corrected chi connectivity index (χ3v) is 6.09. The smallest absolute Gasteiger partial charge is 0.159 e. The summed E-state index contributed by atoms with van der Waals surface area (Å²) in [5.41, 5.74) is 10.5. The monoisotopic (exact) mass is 414 g/mol. The molecule has 1 aliphatic carbocycles. The molecular weight excluding hydrogens is 392 g/mol. The molecule has 0 atom stereocenters. The number of ketones is 2. The molecule has 1 aliphatic rings. The fraction of sp³-hybridized carbons (Fsp3) is 0.0667. The average Bonchev–Trinajstić information content (AvgIpc) is 3.15. The first-order chi connectivity index (χ1) is 15.5. The lowest BCUT2D eigenvalue weighted by atomic mass is 9.87.